The number of para-hydroxylation sites is 2. The SMILES string of the molecule is CCn1c(NC(=O)CCCOCCc2ccccc2)nc2ccccc21. The number of nitrogens with one attached hydrogen (secondary N) is 1. The summed E-state index contributed by atoms with van der Waals surface area (Å²) in [4.78, 5) is 16.7. The van der Waals surface area contributed by atoms with E-state index in [1.54, 1.807) is 0 Å². The van der Waals surface area contributed by atoms with Crippen LogP contribution < -0.4 is 5.32 Å². The van der Waals surface area contributed by atoms with Gasteiger partial charge in [0.05, 0.1) is 17.6 Å². The van der Waals surface area contributed by atoms with E-state index in [0.29, 0.717) is 32.0 Å². The first-order valence-corrected chi connectivity index (χ1v) is 9.14. The van der Waals surface area contributed by atoms with E-state index in [1.807, 2.05) is 54.0 Å². The number of benzene rings is 2. The van der Waals surface area contributed by atoms with Crippen LogP contribution in [0.5, 0.6) is 0 Å². The Morgan fingerprint density at radius 3 is 2.65 bits per heavy atom. The molecule has 0 aliphatic rings. The average Bonchev–Trinajstić information content (AvgIpc) is 3.02. The van der Waals surface area contributed by atoms with Gasteiger partial charge in [-0.25, -0.2) is 4.98 Å². The molecule has 0 unspecified atom stereocenters. The third kappa shape index (κ3) is 4.70. The molecular weight excluding hydrogens is 326 g/mol. The standard InChI is InChI=1S/C21H25N3O2/c1-2-24-19-12-7-6-11-18(19)22-21(24)23-20(25)13-8-15-26-16-14-17-9-4-3-5-10-17/h3-7,9-12H,2,8,13-16H2,1H3,(H,22,23,25). The fourth-order valence-electron chi connectivity index (χ4n) is 2.95. The first kappa shape index (κ1) is 18.1. The molecular formula is C21H25N3O2. The van der Waals surface area contributed by atoms with Crippen LogP contribution in [0.3, 0.4) is 0 Å². The Morgan fingerprint density at radius 2 is 1.85 bits per heavy atom. The number of hydrogen-bond donors (Lipinski definition) is 1. The molecule has 0 radical (unpaired) electrons. The Morgan fingerprint density at radius 1 is 1.08 bits per heavy atom. The van der Waals surface area contributed by atoms with Crippen LogP contribution in [-0.2, 0) is 22.5 Å². The van der Waals surface area contributed by atoms with Crippen molar-refractivity contribution in [3.8, 4) is 0 Å². The lowest BCUT2D eigenvalue weighted by Crippen LogP contribution is -2.16. The molecule has 0 saturated heterocycles. The number of aromatic nitrogens is 2. The van der Waals surface area contributed by atoms with E-state index in [2.05, 4.69) is 22.4 Å². The quantitative estimate of drug-likeness (QED) is 0.592. The summed E-state index contributed by atoms with van der Waals surface area (Å²) in [5, 5.41) is 2.93. The third-order valence-electron chi connectivity index (χ3n) is 4.29. The zero-order chi connectivity index (χ0) is 18.2. The number of fused-ring (bicyclic) bond motifs is 1. The number of hydrogen-bond acceptors (Lipinski definition) is 3. The van der Waals surface area contributed by atoms with Gasteiger partial charge in [0.25, 0.3) is 0 Å². The van der Waals surface area contributed by atoms with E-state index in [9.17, 15) is 4.79 Å². The number of anilines is 1. The van der Waals surface area contributed by atoms with Gasteiger partial charge in [0, 0.05) is 19.6 Å². The van der Waals surface area contributed by atoms with Gasteiger partial charge in [0.1, 0.15) is 0 Å². The summed E-state index contributed by atoms with van der Waals surface area (Å²) in [6.45, 7) is 4.07. The molecule has 0 aliphatic carbocycles. The predicted octanol–water partition coefficient (Wildman–Crippen LogP) is 4.03. The van der Waals surface area contributed by atoms with Crippen molar-refractivity contribution in [1.82, 2.24) is 9.55 Å². The van der Waals surface area contributed by atoms with Gasteiger partial charge >= 0.3 is 0 Å². The van der Waals surface area contributed by atoms with Crippen LogP contribution in [0.25, 0.3) is 11.0 Å². The van der Waals surface area contributed by atoms with Crippen LogP contribution in [0.2, 0.25) is 0 Å². The van der Waals surface area contributed by atoms with Gasteiger partial charge in [-0.1, -0.05) is 42.5 Å². The van der Waals surface area contributed by atoms with Crippen LogP contribution in [0, 0.1) is 0 Å². The van der Waals surface area contributed by atoms with Crippen LogP contribution in [0.1, 0.15) is 25.3 Å². The van der Waals surface area contributed by atoms with E-state index < -0.39 is 0 Å². The second-order valence-corrected chi connectivity index (χ2v) is 6.17. The van der Waals surface area contributed by atoms with Gasteiger partial charge in [-0.3, -0.25) is 10.1 Å². The monoisotopic (exact) mass is 351 g/mol. The van der Waals surface area contributed by atoms with Gasteiger partial charge in [0.15, 0.2) is 0 Å². The number of carbonyl (C=O) groups is 1. The largest absolute Gasteiger partial charge is 0.381 e. The van der Waals surface area contributed by atoms with Gasteiger partial charge < -0.3 is 9.30 Å². The number of rotatable bonds is 9. The molecule has 3 aromatic rings. The number of carbonyl (C=O) groups excluding carboxylic acids is 1. The lowest BCUT2D eigenvalue weighted by Gasteiger charge is -2.08. The number of aryl methyl sites for hydroxylation is 1. The van der Waals surface area contributed by atoms with Crippen molar-refractivity contribution >= 4 is 22.9 Å². The zero-order valence-electron chi connectivity index (χ0n) is 15.1. The van der Waals surface area contributed by atoms with E-state index in [1.165, 1.54) is 5.56 Å². The van der Waals surface area contributed by atoms with Crippen LogP contribution >= 0.6 is 0 Å². The minimum atomic E-state index is -0.0262. The van der Waals surface area contributed by atoms with Crippen molar-refractivity contribution in [2.24, 2.45) is 0 Å². The highest BCUT2D eigenvalue weighted by molar-refractivity contribution is 5.91. The second kappa shape index (κ2) is 9.15. The minimum absolute atomic E-state index is 0.0262. The fraction of sp³-hybridized carbons (Fsp3) is 0.333. The molecule has 0 spiro atoms. The van der Waals surface area contributed by atoms with Crippen LogP contribution in [0.4, 0.5) is 5.95 Å². The summed E-state index contributed by atoms with van der Waals surface area (Å²) >= 11 is 0. The van der Waals surface area contributed by atoms with Crippen molar-refractivity contribution in [2.75, 3.05) is 18.5 Å². The molecule has 5 nitrogen and oxygen atoms in total. The van der Waals surface area contributed by atoms with E-state index in [4.69, 9.17) is 4.74 Å². The maximum absolute atomic E-state index is 12.2. The van der Waals surface area contributed by atoms with Crippen molar-refractivity contribution in [3.05, 3.63) is 60.2 Å². The maximum atomic E-state index is 12.2. The predicted molar refractivity (Wildman–Crippen MR) is 104 cm³/mol. The highest BCUT2D eigenvalue weighted by atomic mass is 16.5. The lowest BCUT2D eigenvalue weighted by atomic mass is 10.2. The van der Waals surface area contributed by atoms with E-state index in [0.717, 1.165) is 24.0 Å². The molecule has 1 aromatic heterocycles. The van der Waals surface area contributed by atoms with Gasteiger partial charge in [0.2, 0.25) is 11.9 Å². The Kier molecular flexibility index (Phi) is 6.39. The Balaban J connectivity index is 1.40. The Hall–Kier alpha value is -2.66. The second-order valence-electron chi connectivity index (χ2n) is 6.17. The van der Waals surface area contributed by atoms with Crippen LogP contribution in [-0.4, -0.2) is 28.7 Å². The summed E-state index contributed by atoms with van der Waals surface area (Å²) in [6.07, 6.45) is 2.03. The molecule has 0 atom stereocenters. The topological polar surface area (TPSA) is 56.2 Å². The minimum Gasteiger partial charge on any atom is -0.381 e. The molecule has 26 heavy (non-hydrogen) atoms. The van der Waals surface area contributed by atoms with Crippen LogP contribution in [0.15, 0.2) is 54.6 Å². The molecule has 5 heteroatoms. The van der Waals surface area contributed by atoms with E-state index >= 15 is 0 Å². The summed E-state index contributed by atoms with van der Waals surface area (Å²) in [6, 6.07) is 18.2. The highest BCUT2D eigenvalue weighted by Gasteiger charge is 2.11. The van der Waals surface area contributed by atoms with Crippen molar-refractivity contribution in [1.29, 1.82) is 0 Å². The Labute approximate surface area is 154 Å². The zero-order valence-corrected chi connectivity index (χ0v) is 15.1. The molecule has 1 amide bonds. The fourth-order valence-corrected chi connectivity index (χ4v) is 2.95. The number of amides is 1. The molecule has 0 fully saturated rings. The molecule has 0 aliphatic heterocycles. The van der Waals surface area contributed by atoms with Crippen molar-refractivity contribution in [3.63, 3.8) is 0 Å². The number of imidazole rings is 1. The van der Waals surface area contributed by atoms with Crippen molar-refractivity contribution in [2.45, 2.75) is 32.7 Å². The molecule has 0 saturated carbocycles. The highest BCUT2D eigenvalue weighted by Crippen LogP contribution is 2.19. The maximum Gasteiger partial charge on any atom is 0.226 e. The van der Waals surface area contributed by atoms with Gasteiger partial charge in [-0.2, -0.15) is 0 Å². The molecule has 136 valence electrons. The summed E-state index contributed by atoms with van der Waals surface area (Å²) in [7, 11) is 0. The molecule has 1 heterocycles. The third-order valence-corrected chi connectivity index (χ3v) is 4.29. The summed E-state index contributed by atoms with van der Waals surface area (Å²) in [5.74, 6) is 0.588. The van der Waals surface area contributed by atoms with Gasteiger partial charge in [-0.15, -0.1) is 0 Å². The van der Waals surface area contributed by atoms with E-state index in [-0.39, 0.29) is 5.91 Å². The molecule has 1 N–H and O–H groups in total. The molecule has 2 aromatic carbocycles. The summed E-state index contributed by atoms with van der Waals surface area (Å²) in [5.41, 5.74) is 3.20. The normalized spacial score (nSPS) is 11.0. The summed E-state index contributed by atoms with van der Waals surface area (Å²) < 4.78 is 7.65. The molecule has 3 rings (SSSR count). The van der Waals surface area contributed by atoms with Gasteiger partial charge in [-0.05, 0) is 37.5 Å². The number of ether oxygens (including phenoxy) is 1. The lowest BCUT2D eigenvalue weighted by molar-refractivity contribution is -0.116. The van der Waals surface area contributed by atoms with Crippen molar-refractivity contribution < 1.29 is 9.53 Å². The Bertz CT molecular complexity index is 843. The first-order valence-electron chi connectivity index (χ1n) is 9.14. The smallest absolute Gasteiger partial charge is 0.226 e. The number of nitrogens with zero attached hydrogens (tertiary/aromatic N) is 2. The average molecular weight is 351 g/mol. The molecule has 0 bridgehead atoms. The first-order chi connectivity index (χ1) is 12.8.